The lowest BCUT2D eigenvalue weighted by Crippen LogP contribution is -2.31. The van der Waals surface area contributed by atoms with Gasteiger partial charge in [-0.05, 0) is 12.3 Å². The highest BCUT2D eigenvalue weighted by Crippen LogP contribution is 2.18. The van der Waals surface area contributed by atoms with Gasteiger partial charge in [-0.3, -0.25) is 0 Å². The number of hydrogen-bond donors (Lipinski definition) is 1. The van der Waals surface area contributed by atoms with Crippen molar-refractivity contribution in [1.82, 2.24) is 9.55 Å². The molecule has 0 radical (unpaired) electrons. The van der Waals surface area contributed by atoms with Crippen LogP contribution in [-0.4, -0.2) is 15.6 Å². The maximum Gasteiger partial charge on any atom is 0.109 e. The van der Waals surface area contributed by atoms with Crippen LogP contribution in [0.1, 0.15) is 37.7 Å². The number of nitrogens with zero attached hydrogens (tertiary/aromatic N) is 2. The summed E-state index contributed by atoms with van der Waals surface area (Å²) in [6.45, 7) is 5.29. The van der Waals surface area contributed by atoms with Crippen molar-refractivity contribution >= 4 is 0 Å². The molecule has 0 bridgehead atoms. The molecule has 0 saturated heterocycles. The third-order valence-electron chi connectivity index (χ3n) is 2.64. The van der Waals surface area contributed by atoms with Crippen LogP contribution in [0.25, 0.3) is 0 Å². The number of fused-ring (bicyclic) bond motifs is 1. The van der Waals surface area contributed by atoms with Crippen LogP contribution in [-0.2, 0) is 13.0 Å². The summed E-state index contributed by atoms with van der Waals surface area (Å²) in [5.74, 6) is 1.74. The minimum atomic E-state index is 0.321. The minimum Gasteiger partial charge on any atom is -0.333 e. The maximum atomic E-state index is 5.89. The quantitative estimate of drug-likeness (QED) is 0.705. The molecule has 0 aliphatic carbocycles. The van der Waals surface area contributed by atoms with E-state index in [-0.39, 0.29) is 0 Å². The third-order valence-corrected chi connectivity index (χ3v) is 2.64. The Bertz CT molecular complexity index is 301. The van der Waals surface area contributed by atoms with Crippen LogP contribution in [0, 0.1) is 0 Å². The van der Waals surface area contributed by atoms with Crippen molar-refractivity contribution < 1.29 is 0 Å². The van der Waals surface area contributed by atoms with E-state index in [1.807, 2.05) is 0 Å². The van der Waals surface area contributed by atoms with Crippen LogP contribution in [0.3, 0.4) is 0 Å². The van der Waals surface area contributed by atoms with Gasteiger partial charge in [-0.15, -0.1) is 0 Å². The van der Waals surface area contributed by atoms with Gasteiger partial charge in [0.1, 0.15) is 5.82 Å². The first-order chi connectivity index (χ1) is 6.16. The molecule has 2 N–H and O–H groups in total. The molecule has 3 heteroatoms. The molecule has 0 spiro atoms. The zero-order valence-corrected chi connectivity index (χ0v) is 8.33. The molecular formula is C10H17N3. The van der Waals surface area contributed by atoms with Crippen LogP contribution < -0.4 is 5.73 Å². The average Bonchev–Trinajstić information content (AvgIpc) is 2.46. The molecule has 0 saturated carbocycles. The molecule has 0 aromatic carbocycles. The van der Waals surface area contributed by atoms with Gasteiger partial charge in [-0.2, -0.15) is 0 Å². The largest absolute Gasteiger partial charge is 0.333 e. The summed E-state index contributed by atoms with van der Waals surface area (Å²) in [6.07, 6.45) is 4.27. The number of imidazole rings is 1. The second-order valence-electron chi connectivity index (χ2n) is 4.19. The molecule has 2 heterocycles. The monoisotopic (exact) mass is 179 g/mol. The minimum absolute atomic E-state index is 0.321. The van der Waals surface area contributed by atoms with Crippen LogP contribution in [0.4, 0.5) is 0 Å². The van der Waals surface area contributed by atoms with E-state index in [2.05, 4.69) is 29.6 Å². The number of nitrogens with two attached hydrogens (primary N) is 1. The van der Waals surface area contributed by atoms with E-state index in [0.717, 1.165) is 19.4 Å². The number of hydrogen-bond acceptors (Lipinski definition) is 2. The fourth-order valence-electron chi connectivity index (χ4n) is 1.77. The number of rotatable bonds is 1. The second kappa shape index (κ2) is 3.14. The predicted molar refractivity (Wildman–Crippen MR) is 52.6 cm³/mol. The lowest BCUT2D eigenvalue weighted by molar-refractivity contribution is 0.453. The van der Waals surface area contributed by atoms with Crippen molar-refractivity contribution in [2.24, 2.45) is 5.73 Å². The van der Waals surface area contributed by atoms with E-state index >= 15 is 0 Å². The van der Waals surface area contributed by atoms with Gasteiger partial charge in [-0.25, -0.2) is 4.98 Å². The van der Waals surface area contributed by atoms with E-state index in [9.17, 15) is 0 Å². The summed E-state index contributed by atoms with van der Waals surface area (Å²) >= 11 is 0. The summed E-state index contributed by atoms with van der Waals surface area (Å²) in [6, 6.07) is 0.321. The van der Waals surface area contributed by atoms with Crippen molar-refractivity contribution in [2.75, 3.05) is 0 Å². The predicted octanol–water partition coefficient (Wildman–Crippen LogP) is 1.28. The molecule has 1 aromatic rings. The van der Waals surface area contributed by atoms with Gasteiger partial charge in [0, 0.05) is 25.2 Å². The summed E-state index contributed by atoms with van der Waals surface area (Å²) in [5, 5.41) is 0. The van der Waals surface area contributed by atoms with Gasteiger partial charge in [0.05, 0.1) is 5.69 Å². The Labute approximate surface area is 79.0 Å². The third kappa shape index (κ3) is 1.61. The van der Waals surface area contributed by atoms with Crippen LogP contribution in [0.5, 0.6) is 0 Å². The fourth-order valence-corrected chi connectivity index (χ4v) is 1.77. The highest BCUT2D eigenvalue weighted by molar-refractivity contribution is 5.10. The van der Waals surface area contributed by atoms with E-state index in [0.29, 0.717) is 12.0 Å². The van der Waals surface area contributed by atoms with Crippen LogP contribution >= 0.6 is 0 Å². The highest BCUT2D eigenvalue weighted by atomic mass is 15.1. The van der Waals surface area contributed by atoms with Gasteiger partial charge in [0.2, 0.25) is 0 Å². The summed E-state index contributed by atoms with van der Waals surface area (Å²) in [5.41, 5.74) is 7.08. The van der Waals surface area contributed by atoms with Crippen molar-refractivity contribution in [3.63, 3.8) is 0 Å². The van der Waals surface area contributed by atoms with Crippen molar-refractivity contribution in [2.45, 2.75) is 45.2 Å². The first-order valence-corrected chi connectivity index (χ1v) is 4.98. The maximum absolute atomic E-state index is 5.89. The molecule has 1 atom stereocenters. The SMILES string of the molecule is CC(C)c1cn2c(n1)CCC(N)C2. The molecular weight excluding hydrogens is 162 g/mol. The molecule has 0 amide bonds. The topological polar surface area (TPSA) is 43.8 Å². The second-order valence-corrected chi connectivity index (χ2v) is 4.19. The first kappa shape index (κ1) is 8.75. The van der Waals surface area contributed by atoms with Gasteiger partial charge in [0.15, 0.2) is 0 Å². The van der Waals surface area contributed by atoms with Crippen molar-refractivity contribution in [1.29, 1.82) is 0 Å². The molecule has 1 aliphatic rings. The van der Waals surface area contributed by atoms with E-state index < -0.39 is 0 Å². The Balaban J connectivity index is 2.28. The molecule has 1 unspecified atom stereocenters. The molecule has 2 rings (SSSR count). The number of aromatic nitrogens is 2. The molecule has 13 heavy (non-hydrogen) atoms. The number of aryl methyl sites for hydroxylation is 1. The van der Waals surface area contributed by atoms with Crippen molar-refractivity contribution in [3.05, 3.63) is 17.7 Å². The smallest absolute Gasteiger partial charge is 0.109 e. The van der Waals surface area contributed by atoms with Gasteiger partial charge >= 0.3 is 0 Å². The van der Waals surface area contributed by atoms with Gasteiger partial charge < -0.3 is 10.3 Å². The summed E-state index contributed by atoms with van der Waals surface area (Å²) in [7, 11) is 0. The van der Waals surface area contributed by atoms with E-state index in [1.165, 1.54) is 11.5 Å². The highest BCUT2D eigenvalue weighted by Gasteiger charge is 2.17. The standard InChI is InChI=1S/C10H17N3/c1-7(2)9-6-13-5-8(11)3-4-10(13)12-9/h6-8H,3-5,11H2,1-2H3. The molecule has 1 aromatic heterocycles. The van der Waals surface area contributed by atoms with Gasteiger partial charge in [0.25, 0.3) is 0 Å². The molecule has 1 aliphatic heterocycles. The zero-order valence-electron chi connectivity index (χ0n) is 8.33. The van der Waals surface area contributed by atoms with E-state index in [1.54, 1.807) is 0 Å². The summed E-state index contributed by atoms with van der Waals surface area (Å²) in [4.78, 5) is 4.59. The lowest BCUT2D eigenvalue weighted by atomic mass is 10.1. The molecule has 72 valence electrons. The van der Waals surface area contributed by atoms with Crippen LogP contribution in [0.2, 0.25) is 0 Å². The Hall–Kier alpha value is -0.830. The van der Waals surface area contributed by atoms with Crippen molar-refractivity contribution in [3.8, 4) is 0 Å². The Morgan fingerprint density at radius 3 is 3.08 bits per heavy atom. The normalized spacial score (nSPS) is 22.0. The zero-order chi connectivity index (χ0) is 9.42. The Morgan fingerprint density at radius 1 is 1.62 bits per heavy atom. The lowest BCUT2D eigenvalue weighted by Gasteiger charge is -2.19. The fraction of sp³-hybridized carbons (Fsp3) is 0.700. The molecule has 3 nitrogen and oxygen atoms in total. The summed E-state index contributed by atoms with van der Waals surface area (Å²) < 4.78 is 2.21. The van der Waals surface area contributed by atoms with Gasteiger partial charge in [-0.1, -0.05) is 13.8 Å². The Morgan fingerprint density at radius 2 is 2.38 bits per heavy atom. The van der Waals surface area contributed by atoms with E-state index in [4.69, 9.17) is 5.73 Å². The van der Waals surface area contributed by atoms with Crippen LogP contribution in [0.15, 0.2) is 6.20 Å². The molecule has 0 fully saturated rings. The average molecular weight is 179 g/mol. The first-order valence-electron chi connectivity index (χ1n) is 4.98. The Kier molecular flexibility index (Phi) is 2.12.